The molecule has 0 aromatic rings. The maximum absolute atomic E-state index is 0. The molecule has 0 saturated carbocycles. The van der Waals surface area contributed by atoms with E-state index in [0.29, 0.717) is 0 Å². The summed E-state index contributed by atoms with van der Waals surface area (Å²) in [6.45, 7) is 0. The zero-order valence-electron chi connectivity index (χ0n) is 2.30. The monoisotopic (exact) mass is 635 g/mol. The van der Waals surface area contributed by atoms with Gasteiger partial charge in [0.05, 0.1) is 0 Å². The van der Waals surface area contributed by atoms with Crippen LogP contribution in [0.3, 0.4) is 0 Å². The average Bonchev–Trinajstić information content (AvgIpc) is 0. The molecule has 0 aromatic carbocycles. The van der Waals surface area contributed by atoms with Crippen LogP contribution in [-0.2, 0) is 51.7 Å². The molecule has 0 aliphatic carbocycles. The molecule has 6 heteroatoms. The van der Waals surface area contributed by atoms with Crippen molar-refractivity contribution in [2.24, 2.45) is 0 Å². The Balaban J connectivity index is 0. The predicted octanol–water partition coefficient (Wildman–Crippen LogP) is -0.124. The first-order chi connectivity index (χ1) is 0. The number of hydrogen-bond donors (Lipinski definition) is 0. The third-order valence-electron chi connectivity index (χ3n) is 0. The second kappa shape index (κ2) is 31.3. The molecule has 0 heterocycles. The molecule has 0 spiro atoms. The summed E-state index contributed by atoms with van der Waals surface area (Å²) in [7, 11) is 0. The SMILES string of the molecule is [Er+3].[Gd+3].[O-2].[S-2].[Y+3].[Yb+3]. The van der Waals surface area contributed by atoms with Crippen LogP contribution in [0.15, 0.2) is 0 Å². The van der Waals surface area contributed by atoms with Gasteiger partial charge in [-0.15, -0.1) is 0 Å². The van der Waals surface area contributed by atoms with Gasteiger partial charge in [-0.1, -0.05) is 0 Å². The van der Waals surface area contributed by atoms with E-state index in [1.165, 1.54) is 0 Å². The Morgan fingerprint density at radius 2 is 1.00 bits per heavy atom. The van der Waals surface area contributed by atoms with Crippen molar-refractivity contribution in [2.75, 3.05) is 0 Å². The Morgan fingerprint density at radius 3 is 1.00 bits per heavy atom. The second-order valence-corrected chi connectivity index (χ2v) is 0. The van der Waals surface area contributed by atoms with E-state index in [-0.39, 0.29) is 176 Å². The van der Waals surface area contributed by atoms with Gasteiger partial charge in [0.25, 0.3) is 0 Å². The van der Waals surface area contributed by atoms with E-state index in [4.69, 9.17) is 0 Å². The van der Waals surface area contributed by atoms with Crippen LogP contribution in [0.2, 0.25) is 0 Å². The van der Waals surface area contributed by atoms with Crippen molar-refractivity contribution in [3.8, 4) is 0 Å². The van der Waals surface area contributed by atoms with Gasteiger partial charge in [0.1, 0.15) is 0 Å². The number of rotatable bonds is 0. The van der Waals surface area contributed by atoms with Crippen molar-refractivity contribution in [2.45, 2.75) is 0 Å². The van der Waals surface area contributed by atoms with Gasteiger partial charge in [-0.05, 0) is 0 Å². The maximum Gasteiger partial charge on any atom is 3.00 e. The second-order valence-electron chi connectivity index (χ2n) is 0. The first-order valence-electron chi connectivity index (χ1n) is 0. The molecule has 0 atom stereocenters. The van der Waals surface area contributed by atoms with Gasteiger partial charge < -0.3 is 19.0 Å². The molecule has 0 fully saturated rings. The summed E-state index contributed by atoms with van der Waals surface area (Å²) >= 11 is 0. The molecule has 0 aliphatic heterocycles. The van der Waals surface area contributed by atoms with Crippen molar-refractivity contribution in [1.29, 1.82) is 0 Å². The van der Waals surface area contributed by atoms with Gasteiger partial charge in [0, 0.05) is 0 Å². The van der Waals surface area contributed by atoms with E-state index in [0.717, 1.165) is 0 Å². The fourth-order valence-corrected chi connectivity index (χ4v) is 0. The molecule has 0 rings (SSSR count). The van der Waals surface area contributed by atoms with Gasteiger partial charge in [-0.3, -0.25) is 0 Å². The van der Waals surface area contributed by atoms with Crippen LogP contribution in [0.4, 0.5) is 0 Å². The molecule has 0 aliphatic rings. The van der Waals surface area contributed by atoms with Gasteiger partial charge in [0.15, 0.2) is 0 Å². The van der Waals surface area contributed by atoms with Crippen LogP contribution >= 0.6 is 0 Å². The van der Waals surface area contributed by atoms with E-state index >= 15 is 0 Å². The fourth-order valence-electron chi connectivity index (χ4n) is 0. The third-order valence-corrected chi connectivity index (χ3v) is 0. The summed E-state index contributed by atoms with van der Waals surface area (Å²) < 4.78 is 0. The van der Waals surface area contributed by atoms with E-state index in [1.807, 2.05) is 0 Å². The minimum atomic E-state index is 0. The normalized spacial score (nSPS) is 0. The van der Waals surface area contributed by atoms with Crippen LogP contribution in [-0.4, -0.2) is 0 Å². The van der Waals surface area contributed by atoms with Crippen LogP contribution in [0.1, 0.15) is 0 Å². The van der Waals surface area contributed by atoms with E-state index in [1.54, 1.807) is 0 Å². The molecular formula is ErGdOSYYb+8. The third kappa shape index (κ3) is 22.7. The summed E-state index contributed by atoms with van der Waals surface area (Å²) in [6, 6.07) is 0. The molecular weight excluding hydrogens is 635 g/mol. The van der Waals surface area contributed by atoms with Crippen molar-refractivity contribution in [3.63, 3.8) is 0 Å². The van der Waals surface area contributed by atoms with Crippen molar-refractivity contribution >= 4 is 13.5 Å². The summed E-state index contributed by atoms with van der Waals surface area (Å²) in [5.41, 5.74) is 0. The quantitative estimate of drug-likeness (QED) is 0.356. The van der Waals surface area contributed by atoms with Crippen molar-refractivity contribution in [1.82, 2.24) is 0 Å². The smallest absolute Gasteiger partial charge is 2.00 e. The summed E-state index contributed by atoms with van der Waals surface area (Å²) in [4.78, 5) is 0. The van der Waals surface area contributed by atoms with Gasteiger partial charge in [-0.25, -0.2) is 0 Å². The molecule has 6 heavy (non-hydrogen) atoms. The molecule has 0 N–H and O–H groups in total. The molecule has 3 radical (unpaired) electrons. The number of hydrogen-bond acceptors (Lipinski definition) is 0. The van der Waals surface area contributed by atoms with Crippen LogP contribution in [0.5, 0.6) is 0 Å². The first-order valence-corrected chi connectivity index (χ1v) is 0. The predicted molar refractivity (Wildman–Crippen MR) is 8.05 cm³/mol. The zero-order valence-corrected chi connectivity index (χ0v) is 11.8. The van der Waals surface area contributed by atoms with Gasteiger partial charge in [-0.2, -0.15) is 0 Å². The molecule has 41 valence electrons. The Kier molecular flexibility index (Phi) is 219. The van der Waals surface area contributed by atoms with E-state index in [9.17, 15) is 0 Å². The van der Waals surface area contributed by atoms with E-state index < -0.39 is 0 Å². The summed E-state index contributed by atoms with van der Waals surface area (Å²) in [5.74, 6) is 0. The molecule has 0 amide bonds. The largest absolute Gasteiger partial charge is 3.00 e. The minimum absolute atomic E-state index is 0. The maximum atomic E-state index is 0. The Bertz CT molecular complexity index is 15.5. The Morgan fingerprint density at radius 1 is 1.00 bits per heavy atom. The zero-order chi connectivity index (χ0) is 0. The van der Waals surface area contributed by atoms with Crippen LogP contribution in [0, 0.1) is 124 Å². The molecule has 0 unspecified atom stereocenters. The van der Waals surface area contributed by atoms with E-state index in [2.05, 4.69) is 0 Å². The van der Waals surface area contributed by atoms with Crippen LogP contribution in [0.25, 0.3) is 0 Å². The van der Waals surface area contributed by atoms with Crippen molar-refractivity contribution < 1.29 is 162 Å². The summed E-state index contributed by atoms with van der Waals surface area (Å²) in [6.07, 6.45) is 0. The Hall–Kier alpha value is 5.50. The van der Waals surface area contributed by atoms with Gasteiger partial charge >= 0.3 is 157 Å². The molecule has 1 nitrogen and oxygen atoms in total. The molecule has 0 saturated heterocycles. The minimum Gasteiger partial charge on any atom is -2.00 e. The van der Waals surface area contributed by atoms with Gasteiger partial charge in [0.2, 0.25) is 0 Å². The first kappa shape index (κ1) is 41.9. The fraction of sp³-hybridized carbons (Fsp3) is 0. The standard InChI is InChI=1S/Er.Gd.O.S.Y.Yb/q2*+3;2*-2;2*+3. The Labute approximate surface area is 170 Å². The van der Waals surface area contributed by atoms with Crippen LogP contribution < -0.4 is 0 Å². The molecule has 0 aromatic heterocycles. The topological polar surface area (TPSA) is 28.5 Å². The molecule has 0 bridgehead atoms. The average molecular weight is 635 g/mol. The summed E-state index contributed by atoms with van der Waals surface area (Å²) in [5, 5.41) is 0. The van der Waals surface area contributed by atoms with Crippen molar-refractivity contribution in [3.05, 3.63) is 0 Å².